The van der Waals surface area contributed by atoms with Crippen LogP contribution < -0.4 is 4.74 Å². The summed E-state index contributed by atoms with van der Waals surface area (Å²) in [5.41, 5.74) is 0.254. The first-order valence-electron chi connectivity index (χ1n) is 5.57. The maximum Gasteiger partial charge on any atom is 0.147 e. The second-order valence-electron chi connectivity index (χ2n) is 3.91. The van der Waals surface area contributed by atoms with Gasteiger partial charge in [-0.2, -0.15) is 0 Å². The number of halogens is 2. The molecule has 0 N–H and O–H groups in total. The third kappa shape index (κ3) is 6.46. The van der Waals surface area contributed by atoms with Gasteiger partial charge in [0.1, 0.15) is 21.4 Å². The Bertz CT molecular complexity index is 588. The number of hydrogen-bond acceptors (Lipinski definition) is 3. The Hall–Kier alpha value is -1.25. The van der Waals surface area contributed by atoms with Gasteiger partial charge in [0.2, 0.25) is 0 Å². The monoisotopic (exact) mass is 304 g/mol. The molecule has 0 saturated carbocycles. The van der Waals surface area contributed by atoms with Gasteiger partial charge in [-0.15, -0.1) is 11.6 Å². The lowest BCUT2D eigenvalue weighted by molar-refractivity contribution is 0.316. The van der Waals surface area contributed by atoms with Crippen LogP contribution in [0, 0.1) is 17.7 Å². The van der Waals surface area contributed by atoms with E-state index in [9.17, 15) is 12.8 Å². The van der Waals surface area contributed by atoms with Crippen molar-refractivity contribution in [3.63, 3.8) is 0 Å². The van der Waals surface area contributed by atoms with Gasteiger partial charge in [-0.3, -0.25) is 0 Å². The van der Waals surface area contributed by atoms with Crippen LogP contribution in [0.3, 0.4) is 0 Å². The minimum atomic E-state index is -2.99. The molecule has 0 aromatic heterocycles. The van der Waals surface area contributed by atoms with E-state index in [1.54, 1.807) is 6.07 Å². The summed E-state index contributed by atoms with van der Waals surface area (Å²) in [7, 11) is -2.99. The molecule has 0 aliphatic carbocycles. The number of alkyl halides is 1. The van der Waals surface area contributed by atoms with Gasteiger partial charge in [-0.1, -0.05) is 11.8 Å². The van der Waals surface area contributed by atoms with Gasteiger partial charge in [0.15, 0.2) is 0 Å². The molecule has 0 fully saturated rings. The van der Waals surface area contributed by atoms with Crippen molar-refractivity contribution in [2.75, 3.05) is 24.5 Å². The predicted molar refractivity (Wildman–Crippen MR) is 73.8 cm³/mol. The second kappa shape index (κ2) is 7.37. The molecule has 3 nitrogen and oxygen atoms in total. The molecule has 19 heavy (non-hydrogen) atoms. The van der Waals surface area contributed by atoms with E-state index in [4.69, 9.17) is 16.3 Å². The lowest BCUT2D eigenvalue weighted by atomic mass is 10.2. The molecular weight excluding hydrogens is 291 g/mol. The van der Waals surface area contributed by atoms with E-state index in [0.717, 1.165) is 6.26 Å². The molecule has 104 valence electrons. The zero-order valence-corrected chi connectivity index (χ0v) is 12.0. The number of benzene rings is 1. The van der Waals surface area contributed by atoms with Crippen LogP contribution in [0.1, 0.15) is 12.0 Å². The molecule has 0 unspecified atom stereocenters. The van der Waals surface area contributed by atoms with Crippen molar-refractivity contribution in [1.29, 1.82) is 0 Å². The number of sulfone groups is 1. The van der Waals surface area contributed by atoms with Gasteiger partial charge >= 0.3 is 0 Å². The van der Waals surface area contributed by atoms with E-state index in [-0.39, 0.29) is 23.8 Å². The molecule has 6 heteroatoms. The minimum absolute atomic E-state index is 0.0504. The highest BCUT2D eigenvalue weighted by Crippen LogP contribution is 2.16. The molecule has 0 atom stereocenters. The van der Waals surface area contributed by atoms with Crippen molar-refractivity contribution in [1.82, 2.24) is 0 Å². The fourth-order valence-electron chi connectivity index (χ4n) is 1.33. The minimum Gasteiger partial charge on any atom is -0.493 e. The molecule has 0 amide bonds. The maximum absolute atomic E-state index is 13.6. The quantitative estimate of drug-likeness (QED) is 0.476. The highest BCUT2D eigenvalue weighted by molar-refractivity contribution is 7.90. The fourth-order valence-corrected chi connectivity index (χ4v) is 2.04. The van der Waals surface area contributed by atoms with E-state index in [2.05, 4.69) is 11.8 Å². The topological polar surface area (TPSA) is 43.4 Å². The molecule has 0 heterocycles. The van der Waals surface area contributed by atoms with E-state index < -0.39 is 15.7 Å². The summed E-state index contributed by atoms with van der Waals surface area (Å²) in [6.07, 6.45) is 1.53. The van der Waals surface area contributed by atoms with E-state index in [1.807, 2.05) is 0 Å². The van der Waals surface area contributed by atoms with Crippen LogP contribution in [0.25, 0.3) is 0 Å². The Morgan fingerprint density at radius 2 is 2.16 bits per heavy atom. The van der Waals surface area contributed by atoms with Crippen molar-refractivity contribution >= 4 is 21.4 Å². The van der Waals surface area contributed by atoms with Crippen molar-refractivity contribution in [2.24, 2.45) is 0 Å². The van der Waals surface area contributed by atoms with Crippen LogP contribution in [-0.2, 0) is 9.84 Å². The number of hydrogen-bond donors (Lipinski definition) is 0. The SMILES string of the molecule is CS(=O)(=O)CCCOc1ccc(C#CCCl)c(F)c1. The summed E-state index contributed by atoms with van der Waals surface area (Å²) in [6, 6.07) is 4.31. The highest BCUT2D eigenvalue weighted by Gasteiger charge is 2.04. The largest absolute Gasteiger partial charge is 0.493 e. The molecule has 1 aromatic rings. The fraction of sp³-hybridized carbons (Fsp3) is 0.385. The zero-order chi connectivity index (χ0) is 14.3. The third-order valence-electron chi connectivity index (χ3n) is 2.16. The van der Waals surface area contributed by atoms with Gasteiger partial charge < -0.3 is 4.74 Å². The number of rotatable bonds is 5. The summed E-state index contributed by atoms with van der Waals surface area (Å²) in [6.45, 7) is 0.221. The Morgan fingerprint density at radius 1 is 1.42 bits per heavy atom. The number of ether oxygens (including phenoxy) is 1. The Balaban J connectivity index is 2.54. The Kier molecular flexibility index (Phi) is 6.13. The smallest absolute Gasteiger partial charge is 0.147 e. The summed E-state index contributed by atoms with van der Waals surface area (Å²) in [4.78, 5) is 0. The average Bonchev–Trinajstić information content (AvgIpc) is 2.32. The molecule has 0 spiro atoms. The van der Waals surface area contributed by atoms with E-state index in [0.29, 0.717) is 12.2 Å². The molecule has 0 saturated heterocycles. The molecule has 1 aromatic carbocycles. The van der Waals surface area contributed by atoms with Crippen LogP contribution in [0.2, 0.25) is 0 Å². The van der Waals surface area contributed by atoms with Gasteiger partial charge in [0.25, 0.3) is 0 Å². The van der Waals surface area contributed by atoms with E-state index >= 15 is 0 Å². The lowest BCUT2D eigenvalue weighted by Crippen LogP contribution is -2.08. The Labute approximate surface area is 117 Å². The second-order valence-corrected chi connectivity index (χ2v) is 6.44. The standard InChI is InChI=1S/C13H14ClFO3S/c1-19(16,17)9-3-8-18-12-6-5-11(4-2-7-14)13(15)10-12/h5-6,10H,3,7-9H2,1H3. The molecular formula is C13H14ClFO3S. The molecule has 0 bridgehead atoms. The molecule has 0 aliphatic rings. The van der Waals surface area contributed by atoms with Crippen molar-refractivity contribution in [3.05, 3.63) is 29.6 Å². The van der Waals surface area contributed by atoms with Gasteiger partial charge in [0, 0.05) is 12.3 Å². The molecule has 0 aliphatic heterocycles. The van der Waals surface area contributed by atoms with E-state index in [1.165, 1.54) is 12.1 Å². The summed E-state index contributed by atoms with van der Waals surface area (Å²) in [5.74, 6) is 5.20. The van der Waals surface area contributed by atoms with Crippen LogP contribution >= 0.6 is 11.6 Å². The van der Waals surface area contributed by atoms with Crippen LogP contribution in [-0.4, -0.2) is 32.9 Å². The van der Waals surface area contributed by atoms with Crippen molar-refractivity contribution < 1.29 is 17.5 Å². The molecule has 0 radical (unpaired) electrons. The first-order chi connectivity index (χ1) is 8.92. The van der Waals surface area contributed by atoms with Crippen LogP contribution in [0.5, 0.6) is 5.75 Å². The predicted octanol–water partition coefficient (Wildman–Crippen LogP) is 2.23. The zero-order valence-electron chi connectivity index (χ0n) is 10.4. The molecule has 1 rings (SSSR count). The maximum atomic E-state index is 13.6. The highest BCUT2D eigenvalue weighted by atomic mass is 35.5. The van der Waals surface area contributed by atoms with Gasteiger partial charge in [-0.05, 0) is 18.6 Å². The summed E-state index contributed by atoms with van der Waals surface area (Å²) >= 11 is 5.39. The average molecular weight is 305 g/mol. The summed E-state index contributed by atoms with van der Waals surface area (Å²) in [5, 5.41) is 0. The first-order valence-corrected chi connectivity index (χ1v) is 8.17. The lowest BCUT2D eigenvalue weighted by Gasteiger charge is -2.06. The van der Waals surface area contributed by atoms with Crippen molar-refractivity contribution in [2.45, 2.75) is 6.42 Å². The Morgan fingerprint density at radius 3 is 2.74 bits per heavy atom. The first kappa shape index (κ1) is 15.8. The van der Waals surface area contributed by atoms with Crippen LogP contribution in [0.4, 0.5) is 4.39 Å². The normalized spacial score (nSPS) is 10.7. The summed E-state index contributed by atoms with van der Waals surface area (Å²) < 4.78 is 40.6. The van der Waals surface area contributed by atoms with Crippen LogP contribution in [0.15, 0.2) is 18.2 Å². The van der Waals surface area contributed by atoms with Crippen molar-refractivity contribution in [3.8, 4) is 17.6 Å². The third-order valence-corrected chi connectivity index (χ3v) is 3.32. The van der Waals surface area contributed by atoms with Gasteiger partial charge in [0.05, 0.1) is 23.8 Å². The van der Waals surface area contributed by atoms with Gasteiger partial charge in [-0.25, -0.2) is 12.8 Å².